The van der Waals surface area contributed by atoms with Crippen LogP contribution in [0, 0.1) is 11.7 Å². The minimum Gasteiger partial charge on any atom is -0.497 e. The van der Waals surface area contributed by atoms with E-state index >= 15 is 0 Å². The standard InChI is InChI=1S/C14H19FN2O2.ClH/c1-16-8-10-5-6-17(9-10)14(18)12-4-3-11(19-2)7-13(12)15;/h3-4,7,10,16H,5-6,8-9H2,1-2H3;1H. The van der Waals surface area contributed by atoms with Gasteiger partial charge in [0.05, 0.1) is 12.7 Å². The van der Waals surface area contributed by atoms with Gasteiger partial charge in [-0.15, -0.1) is 12.4 Å². The van der Waals surface area contributed by atoms with Gasteiger partial charge in [-0.3, -0.25) is 4.79 Å². The van der Waals surface area contributed by atoms with Crippen molar-refractivity contribution >= 4 is 18.3 Å². The summed E-state index contributed by atoms with van der Waals surface area (Å²) in [5, 5.41) is 3.11. The van der Waals surface area contributed by atoms with Gasteiger partial charge in [0.1, 0.15) is 11.6 Å². The third-order valence-electron chi connectivity index (χ3n) is 3.47. The number of methoxy groups -OCH3 is 1. The van der Waals surface area contributed by atoms with Crippen molar-refractivity contribution in [3.8, 4) is 5.75 Å². The average molecular weight is 303 g/mol. The van der Waals surface area contributed by atoms with Crippen LogP contribution in [0.2, 0.25) is 0 Å². The van der Waals surface area contributed by atoms with Crippen molar-refractivity contribution < 1.29 is 13.9 Å². The third kappa shape index (κ3) is 3.61. The van der Waals surface area contributed by atoms with Gasteiger partial charge in [0, 0.05) is 19.2 Å². The van der Waals surface area contributed by atoms with Crippen LogP contribution >= 0.6 is 12.4 Å². The van der Waals surface area contributed by atoms with Crippen LogP contribution in [0.3, 0.4) is 0 Å². The molecule has 0 aromatic heterocycles. The lowest BCUT2D eigenvalue weighted by Crippen LogP contribution is -2.30. The Hall–Kier alpha value is -1.33. The van der Waals surface area contributed by atoms with Gasteiger partial charge in [-0.2, -0.15) is 0 Å². The molecule has 0 spiro atoms. The van der Waals surface area contributed by atoms with Gasteiger partial charge in [0.2, 0.25) is 0 Å². The highest BCUT2D eigenvalue weighted by Crippen LogP contribution is 2.21. The van der Waals surface area contributed by atoms with Crippen LogP contribution in [0.4, 0.5) is 4.39 Å². The maximum absolute atomic E-state index is 13.8. The van der Waals surface area contributed by atoms with Crippen LogP contribution in [-0.2, 0) is 0 Å². The second-order valence-corrected chi connectivity index (χ2v) is 4.81. The maximum Gasteiger partial charge on any atom is 0.256 e. The smallest absolute Gasteiger partial charge is 0.256 e. The van der Waals surface area contributed by atoms with E-state index in [0.717, 1.165) is 13.0 Å². The van der Waals surface area contributed by atoms with Crippen LogP contribution in [0.5, 0.6) is 5.75 Å². The lowest BCUT2D eigenvalue weighted by atomic mass is 10.1. The average Bonchev–Trinajstić information content (AvgIpc) is 2.87. The van der Waals surface area contributed by atoms with E-state index in [1.54, 1.807) is 11.0 Å². The number of carbonyl (C=O) groups excluding carboxylic acids is 1. The van der Waals surface area contributed by atoms with E-state index in [2.05, 4.69) is 5.32 Å². The molecule has 1 unspecified atom stereocenters. The number of nitrogens with one attached hydrogen (secondary N) is 1. The highest BCUT2D eigenvalue weighted by atomic mass is 35.5. The largest absolute Gasteiger partial charge is 0.497 e. The Balaban J connectivity index is 0.00000200. The van der Waals surface area contributed by atoms with Crippen molar-refractivity contribution in [3.63, 3.8) is 0 Å². The van der Waals surface area contributed by atoms with Crippen molar-refractivity contribution in [1.82, 2.24) is 10.2 Å². The second-order valence-electron chi connectivity index (χ2n) is 4.81. The zero-order valence-electron chi connectivity index (χ0n) is 11.7. The fourth-order valence-electron chi connectivity index (χ4n) is 2.44. The molecule has 0 radical (unpaired) electrons. The topological polar surface area (TPSA) is 41.6 Å². The lowest BCUT2D eigenvalue weighted by Gasteiger charge is -2.17. The third-order valence-corrected chi connectivity index (χ3v) is 3.47. The molecule has 112 valence electrons. The summed E-state index contributed by atoms with van der Waals surface area (Å²) < 4.78 is 18.8. The fraction of sp³-hybridized carbons (Fsp3) is 0.500. The SMILES string of the molecule is CNCC1CCN(C(=O)c2ccc(OC)cc2F)C1.Cl. The number of benzene rings is 1. The second kappa shape index (κ2) is 7.45. The molecule has 20 heavy (non-hydrogen) atoms. The summed E-state index contributed by atoms with van der Waals surface area (Å²) in [6.07, 6.45) is 0.963. The molecule has 1 aromatic rings. The van der Waals surface area contributed by atoms with Crippen molar-refractivity contribution in [1.29, 1.82) is 0 Å². The lowest BCUT2D eigenvalue weighted by molar-refractivity contribution is 0.0782. The number of nitrogens with zero attached hydrogens (tertiary/aromatic N) is 1. The van der Waals surface area contributed by atoms with Gasteiger partial charge in [-0.25, -0.2) is 4.39 Å². The number of amides is 1. The van der Waals surface area contributed by atoms with E-state index in [0.29, 0.717) is 24.8 Å². The van der Waals surface area contributed by atoms with Crippen molar-refractivity contribution in [3.05, 3.63) is 29.6 Å². The molecule has 0 aliphatic carbocycles. The summed E-state index contributed by atoms with van der Waals surface area (Å²) in [6, 6.07) is 4.34. The number of likely N-dealkylation sites (tertiary alicyclic amines) is 1. The van der Waals surface area contributed by atoms with Gasteiger partial charge in [-0.05, 0) is 38.1 Å². The summed E-state index contributed by atoms with van der Waals surface area (Å²) >= 11 is 0. The molecule has 1 N–H and O–H groups in total. The Morgan fingerprint density at radius 2 is 2.30 bits per heavy atom. The zero-order chi connectivity index (χ0) is 13.8. The van der Waals surface area contributed by atoms with E-state index in [9.17, 15) is 9.18 Å². The maximum atomic E-state index is 13.8. The molecule has 1 saturated heterocycles. The Bertz CT molecular complexity index is 470. The zero-order valence-corrected chi connectivity index (χ0v) is 12.5. The fourth-order valence-corrected chi connectivity index (χ4v) is 2.44. The molecular weight excluding hydrogens is 283 g/mol. The molecule has 1 amide bonds. The van der Waals surface area contributed by atoms with Crippen LogP contribution in [0.1, 0.15) is 16.8 Å². The molecule has 1 aromatic carbocycles. The van der Waals surface area contributed by atoms with Gasteiger partial charge >= 0.3 is 0 Å². The Labute approximate surface area is 124 Å². The van der Waals surface area contributed by atoms with Gasteiger partial charge in [0.25, 0.3) is 5.91 Å². The van der Waals surface area contributed by atoms with E-state index in [1.807, 2.05) is 7.05 Å². The van der Waals surface area contributed by atoms with E-state index in [-0.39, 0.29) is 23.9 Å². The molecule has 0 saturated carbocycles. The summed E-state index contributed by atoms with van der Waals surface area (Å²) in [6.45, 7) is 2.26. The minimum atomic E-state index is -0.526. The molecule has 2 rings (SSSR count). The summed E-state index contributed by atoms with van der Waals surface area (Å²) in [5.41, 5.74) is 0.117. The Morgan fingerprint density at radius 1 is 1.55 bits per heavy atom. The Morgan fingerprint density at radius 3 is 2.90 bits per heavy atom. The first kappa shape index (κ1) is 16.7. The summed E-state index contributed by atoms with van der Waals surface area (Å²) in [5.74, 6) is 0.110. The first-order valence-corrected chi connectivity index (χ1v) is 6.43. The molecule has 1 atom stereocenters. The molecule has 0 bridgehead atoms. The van der Waals surface area contributed by atoms with E-state index in [1.165, 1.54) is 19.2 Å². The first-order valence-electron chi connectivity index (χ1n) is 6.43. The number of rotatable bonds is 4. The summed E-state index contributed by atoms with van der Waals surface area (Å²) in [7, 11) is 3.37. The predicted molar refractivity (Wildman–Crippen MR) is 78.1 cm³/mol. The number of hydrogen-bond donors (Lipinski definition) is 1. The van der Waals surface area contributed by atoms with Crippen LogP contribution in [0.25, 0.3) is 0 Å². The van der Waals surface area contributed by atoms with E-state index in [4.69, 9.17) is 4.74 Å². The minimum absolute atomic E-state index is 0. The molecule has 1 aliphatic heterocycles. The molecule has 1 heterocycles. The number of carbonyl (C=O) groups is 1. The highest BCUT2D eigenvalue weighted by molar-refractivity contribution is 5.94. The van der Waals surface area contributed by atoms with Crippen molar-refractivity contribution in [2.75, 3.05) is 33.8 Å². The van der Waals surface area contributed by atoms with Gasteiger partial charge < -0.3 is 15.0 Å². The molecule has 6 heteroatoms. The van der Waals surface area contributed by atoms with Crippen molar-refractivity contribution in [2.45, 2.75) is 6.42 Å². The quantitative estimate of drug-likeness (QED) is 0.924. The normalized spacial score (nSPS) is 17.8. The summed E-state index contributed by atoms with van der Waals surface area (Å²) in [4.78, 5) is 14.0. The van der Waals surface area contributed by atoms with Crippen LogP contribution in [0.15, 0.2) is 18.2 Å². The van der Waals surface area contributed by atoms with Crippen molar-refractivity contribution in [2.24, 2.45) is 5.92 Å². The van der Waals surface area contributed by atoms with E-state index < -0.39 is 5.82 Å². The molecule has 1 aliphatic rings. The Kier molecular flexibility index (Phi) is 6.23. The van der Waals surface area contributed by atoms with Crippen LogP contribution < -0.4 is 10.1 Å². The number of hydrogen-bond acceptors (Lipinski definition) is 3. The van der Waals surface area contributed by atoms with Gasteiger partial charge in [-0.1, -0.05) is 0 Å². The molecular formula is C14H20ClFN2O2. The molecule has 4 nitrogen and oxygen atoms in total. The monoisotopic (exact) mass is 302 g/mol. The predicted octanol–water partition coefficient (Wildman–Crippen LogP) is 1.94. The molecule has 1 fully saturated rings. The number of ether oxygens (including phenoxy) is 1. The first-order chi connectivity index (χ1) is 9.15. The highest BCUT2D eigenvalue weighted by Gasteiger charge is 2.27. The van der Waals surface area contributed by atoms with Gasteiger partial charge in [0.15, 0.2) is 0 Å². The number of halogens is 2. The van der Waals surface area contributed by atoms with Crippen LogP contribution in [-0.4, -0.2) is 44.6 Å².